The Labute approximate surface area is 229 Å². The van der Waals surface area contributed by atoms with Crippen molar-refractivity contribution >= 4 is 55.6 Å². The van der Waals surface area contributed by atoms with E-state index in [0.717, 1.165) is 15.6 Å². The van der Waals surface area contributed by atoms with Crippen LogP contribution in [0.2, 0.25) is 0 Å². The van der Waals surface area contributed by atoms with Crippen LogP contribution in [0.15, 0.2) is 69.6 Å². The number of hydrogen-bond acceptors (Lipinski definition) is 11. The molecule has 0 aliphatic carbocycles. The molecule has 0 spiro atoms. The van der Waals surface area contributed by atoms with Gasteiger partial charge in [0, 0.05) is 16.4 Å². The van der Waals surface area contributed by atoms with Crippen LogP contribution in [-0.2, 0) is 11.3 Å². The zero-order valence-corrected chi connectivity index (χ0v) is 21.8. The molecule has 2 aromatic carbocycles. The Morgan fingerprint density at radius 2 is 1.85 bits per heavy atom. The molecule has 4 heterocycles. The van der Waals surface area contributed by atoms with E-state index in [2.05, 4.69) is 41.1 Å². The molecule has 13 nitrogen and oxygen atoms in total. The highest BCUT2D eigenvalue weighted by Gasteiger charge is 2.45. The van der Waals surface area contributed by atoms with E-state index in [1.54, 1.807) is 6.07 Å². The average Bonchev–Trinajstić information content (AvgIpc) is 3.53. The predicted octanol–water partition coefficient (Wildman–Crippen LogP) is 2.91. The topological polar surface area (TPSA) is 189 Å². The van der Waals surface area contributed by atoms with Gasteiger partial charge in [0.15, 0.2) is 34.8 Å². The third kappa shape index (κ3) is 4.31. The molecule has 0 unspecified atom stereocenters. The normalized spacial score (nSPS) is 21.5. The van der Waals surface area contributed by atoms with Crippen LogP contribution in [0.4, 0.5) is 17.6 Å². The number of fused-ring (bicyclic) bond motifs is 2. The number of nitrogen functional groups attached to an aromatic ring is 1. The van der Waals surface area contributed by atoms with Gasteiger partial charge in [0.05, 0.1) is 12.1 Å². The molecule has 5 aromatic rings. The highest BCUT2D eigenvalue weighted by Crippen LogP contribution is 2.42. The quantitative estimate of drug-likeness (QED) is 0.184. The first-order valence-electron chi connectivity index (χ1n) is 11.9. The van der Waals surface area contributed by atoms with Crippen molar-refractivity contribution in [2.45, 2.75) is 31.1 Å². The molecule has 1 aliphatic rings. The molecule has 200 valence electrons. The fourth-order valence-electron chi connectivity index (χ4n) is 4.73. The van der Waals surface area contributed by atoms with Crippen molar-refractivity contribution in [2.75, 3.05) is 12.3 Å². The van der Waals surface area contributed by atoms with E-state index in [9.17, 15) is 20.4 Å². The summed E-state index contributed by atoms with van der Waals surface area (Å²) >= 11 is 3.45. The van der Waals surface area contributed by atoms with Gasteiger partial charge in [-0.05, 0) is 23.8 Å². The lowest BCUT2D eigenvalue weighted by Gasteiger charge is -2.17. The second-order valence-corrected chi connectivity index (χ2v) is 9.96. The molecular weight excluding hydrogens is 572 g/mol. The van der Waals surface area contributed by atoms with Crippen LogP contribution >= 0.6 is 15.9 Å². The van der Waals surface area contributed by atoms with Gasteiger partial charge in [-0.3, -0.25) is 4.57 Å². The molecule has 0 amide bonds. The van der Waals surface area contributed by atoms with E-state index in [4.69, 9.17) is 10.5 Å². The predicted molar refractivity (Wildman–Crippen MR) is 144 cm³/mol. The number of halogens is 1. The average molecular weight is 595 g/mol. The van der Waals surface area contributed by atoms with Gasteiger partial charge in [0.1, 0.15) is 24.6 Å². The molecular formula is C25H23BrN8O5. The summed E-state index contributed by atoms with van der Waals surface area (Å²) in [4.78, 5) is 12.6. The van der Waals surface area contributed by atoms with E-state index in [0.29, 0.717) is 11.9 Å². The number of aliphatic hydroxyl groups is 3. The number of aliphatic hydroxyl groups excluding tert-OH is 3. The van der Waals surface area contributed by atoms with Crippen molar-refractivity contribution in [2.24, 2.45) is 10.2 Å². The van der Waals surface area contributed by atoms with Crippen LogP contribution in [0.25, 0.3) is 22.1 Å². The summed E-state index contributed by atoms with van der Waals surface area (Å²) in [5.41, 5.74) is 8.10. The summed E-state index contributed by atoms with van der Waals surface area (Å²) in [5.74, 6) is 0.0867. The Morgan fingerprint density at radius 1 is 1.05 bits per heavy atom. The summed E-state index contributed by atoms with van der Waals surface area (Å²) in [5, 5.41) is 51.1. The monoisotopic (exact) mass is 594 g/mol. The Bertz CT molecular complexity index is 1710. The SMILES string of the molecule is Nc1ncnc2c1nc(/N=N/c1c(O)c3cc(Br)ccc3n1Cc1ccccc1)n2[C@@H]1O[C@H](CO)[C@@H](O)[C@H]1O. The number of aromatic hydroxyl groups is 1. The van der Waals surface area contributed by atoms with Gasteiger partial charge in [0.25, 0.3) is 5.95 Å². The Balaban J connectivity index is 1.50. The number of aromatic nitrogens is 5. The Morgan fingerprint density at radius 3 is 2.59 bits per heavy atom. The smallest absolute Gasteiger partial charge is 0.254 e. The van der Waals surface area contributed by atoms with Gasteiger partial charge in [-0.1, -0.05) is 46.3 Å². The van der Waals surface area contributed by atoms with Crippen molar-refractivity contribution in [1.29, 1.82) is 0 Å². The number of anilines is 1. The maximum Gasteiger partial charge on any atom is 0.254 e. The number of azo groups is 1. The molecule has 3 aromatic heterocycles. The third-order valence-corrected chi connectivity index (χ3v) is 7.14. The van der Waals surface area contributed by atoms with Gasteiger partial charge in [-0.15, -0.1) is 10.2 Å². The fourth-order valence-corrected chi connectivity index (χ4v) is 5.09. The molecule has 6 N–H and O–H groups in total. The lowest BCUT2D eigenvalue weighted by molar-refractivity contribution is -0.0503. The molecule has 1 fully saturated rings. The number of imidazole rings is 1. The molecule has 39 heavy (non-hydrogen) atoms. The second kappa shape index (κ2) is 9.98. The van der Waals surface area contributed by atoms with E-state index in [-0.39, 0.29) is 34.5 Å². The van der Waals surface area contributed by atoms with Crippen LogP contribution in [0, 0.1) is 0 Å². The van der Waals surface area contributed by atoms with Crippen LogP contribution in [-0.4, -0.2) is 69.4 Å². The van der Waals surface area contributed by atoms with Crippen molar-refractivity contribution in [3.05, 3.63) is 64.9 Å². The maximum atomic E-state index is 11.2. The second-order valence-electron chi connectivity index (χ2n) is 9.05. The van der Waals surface area contributed by atoms with E-state index < -0.39 is 31.1 Å². The number of benzene rings is 2. The summed E-state index contributed by atoms with van der Waals surface area (Å²) < 4.78 is 9.66. The van der Waals surface area contributed by atoms with Crippen molar-refractivity contribution < 1.29 is 25.2 Å². The summed E-state index contributed by atoms with van der Waals surface area (Å²) in [6, 6.07) is 15.2. The molecule has 14 heteroatoms. The molecule has 0 bridgehead atoms. The van der Waals surface area contributed by atoms with Crippen molar-refractivity contribution in [3.8, 4) is 5.75 Å². The van der Waals surface area contributed by atoms with Crippen LogP contribution in [0.5, 0.6) is 5.75 Å². The Kier molecular flexibility index (Phi) is 6.48. The van der Waals surface area contributed by atoms with Gasteiger partial charge in [0.2, 0.25) is 0 Å². The highest BCUT2D eigenvalue weighted by atomic mass is 79.9. The minimum atomic E-state index is -1.43. The van der Waals surface area contributed by atoms with Crippen LogP contribution < -0.4 is 5.73 Å². The number of rotatable bonds is 6. The molecule has 1 saturated heterocycles. The first-order valence-corrected chi connectivity index (χ1v) is 12.7. The largest absolute Gasteiger partial charge is 0.504 e. The summed E-state index contributed by atoms with van der Waals surface area (Å²) in [6.07, 6.45) is -3.82. The number of hydrogen-bond donors (Lipinski definition) is 5. The third-order valence-electron chi connectivity index (χ3n) is 6.65. The summed E-state index contributed by atoms with van der Waals surface area (Å²) in [6.45, 7) is -0.115. The first kappa shape index (κ1) is 25.3. The fraction of sp³-hybridized carbons (Fsp3) is 0.240. The zero-order valence-electron chi connectivity index (χ0n) is 20.2. The Hall–Kier alpha value is -3.95. The first-order chi connectivity index (χ1) is 18.9. The number of ether oxygens (including phenoxy) is 1. The lowest BCUT2D eigenvalue weighted by Crippen LogP contribution is -2.33. The molecule has 0 radical (unpaired) electrons. The molecule has 0 saturated carbocycles. The van der Waals surface area contributed by atoms with Crippen LogP contribution in [0.1, 0.15) is 11.8 Å². The standard InChI is InChI=1S/C25H23BrN8O5/c26-13-6-7-15-14(8-13)18(36)23(33(15)9-12-4-2-1-3-5-12)31-32-25-30-17-21(27)28-11-29-22(17)34(25)24-20(38)19(37)16(10-35)39-24/h1-8,11,16,19-20,24,35-38H,9-10H2,(H2,27,28,29)/b32-31+/t16-,19-,20-,24-/m1/s1. The number of nitrogens with zero attached hydrogens (tertiary/aromatic N) is 7. The minimum absolute atomic E-state index is 0.0628. The van der Waals surface area contributed by atoms with Gasteiger partial charge < -0.3 is 35.5 Å². The lowest BCUT2D eigenvalue weighted by atomic mass is 10.1. The van der Waals surface area contributed by atoms with Crippen molar-refractivity contribution in [1.82, 2.24) is 24.1 Å². The van der Waals surface area contributed by atoms with E-state index in [1.165, 1.54) is 10.9 Å². The molecule has 1 aliphatic heterocycles. The maximum absolute atomic E-state index is 11.2. The molecule has 6 rings (SSSR count). The zero-order chi connectivity index (χ0) is 27.3. The van der Waals surface area contributed by atoms with Gasteiger partial charge in [-0.2, -0.15) is 0 Å². The van der Waals surface area contributed by atoms with Gasteiger partial charge in [-0.25, -0.2) is 15.0 Å². The summed E-state index contributed by atoms with van der Waals surface area (Å²) in [7, 11) is 0. The molecule has 4 atom stereocenters. The van der Waals surface area contributed by atoms with Gasteiger partial charge >= 0.3 is 0 Å². The van der Waals surface area contributed by atoms with E-state index in [1.807, 2.05) is 47.0 Å². The van der Waals surface area contributed by atoms with Crippen LogP contribution in [0.3, 0.4) is 0 Å². The highest BCUT2D eigenvalue weighted by molar-refractivity contribution is 9.10. The van der Waals surface area contributed by atoms with E-state index >= 15 is 0 Å². The minimum Gasteiger partial charge on any atom is -0.504 e. The van der Waals surface area contributed by atoms with Crippen molar-refractivity contribution in [3.63, 3.8) is 0 Å². The number of nitrogens with two attached hydrogens (primary N) is 1.